The van der Waals surface area contributed by atoms with Crippen LogP contribution < -0.4 is 29.6 Å². The standard InChI is InChI=1S/C24H26ClN5O5/c1-6-35-17-8-7-14(9-20(17)34-5)22-21(13(2)28-24-26-12-27-30(22)24)23(31)29-16-11-18(32-3)15(25)10-19(16)33-4/h7-12,22H,6H2,1-5H3,(H,29,31)(H,26,27,28). The number of allylic oxidation sites excluding steroid dienone is 1. The zero-order valence-electron chi connectivity index (χ0n) is 20.0. The fraction of sp³-hybridized carbons (Fsp3) is 0.292. The molecule has 35 heavy (non-hydrogen) atoms. The normalized spacial score (nSPS) is 14.6. The van der Waals surface area contributed by atoms with E-state index in [1.54, 1.807) is 23.9 Å². The molecule has 2 aromatic carbocycles. The van der Waals surface area contributed by atoms with Gasteiger partial charge >= 0.3 is 0 Å². The molecule has 0 fully saturated rings. The Balaban J connectivity index is 1.78. The molecule has 184 valence electrons. The molecule has 11 heteroatoms. The van der Waals surface area contributed by atoms with Gasteiger partial charge in [0.2, 0.25) is 5.95 Å². The monoisotopic (exact) mass is 499 g/mol. The van der Waals surface area contributed by atoms with Crippen molar-refractivity contribution >= 4 is 29.1 Å². The molecule has 1 atom stereocenters. The van der Waals surface area contributed by atoms with E-state index in [1.807, 2.05) is 32.0 Å². The molecule has 2 N–H and O–H groups in total. The summed E-state index contributed by atoms with van der Waals surface area (Å²) in [6.07, 6.45) is 1.43. The molecule has 0 radical (unpaired) electrons. The fourth-order valence-electron chi connectivity index (χ4n) is 3.97. The van der Waals surface area contributed by atoms with Crippen LogP contribution in [0.2, 0.25) is 5.02 Å². The first-order chi connectivity index (χ1) is 16.9. The predicted octanol–water partition coefficient (Wildman–Crippen LogP) is 4.28. The minimum atomic E-state index is -0.585. The number of hydrogen-bond donors (Lipinski definition) is 2. The van der Waals surface area contributed by atoms with Crippen LogP contribution in [0.4, 0.5) is 11.6 Å². The van der Waals surface area contributed by atoms with Crippen LogP contribution in [0.25, 0.3) is 0 Å². The number of benzene rings is 2. The van der Waals surface area contributed by atoms with E-state index < -0.39 is 6.04 Å². The Morgan fingerprint density at radius 2 is 1.83 bits per heavy atom. The summed E-state index contributed by atoms with van der Waals surface area (Å²) in [6, 6.07) is 8.13. The van der Waals surface area contributed by atoms with Crippen molar-refractivity contribution in [3.05, 3.63) is 58.5 Å². The first-order valence-corrected chi connectivity index (χ1v) is 11.2. The smallest absolute Gasteiger partial charge is 0.255 e. The molecule has 3 aromatic rings. The predicted molar refractivity (Wildman–Crippen MR) is 132 cm³/mol. The largest absolute Gasteiger partial charge is 0.495 e. The molecule has 0 aliphatic carbocycles. The van der Waals surface area contributed by atoms with E-state index in [-0.39, 0.29) is 5.91 Å². The van der Waals surface area contributed by atoms with Gasteiger partial charge in [0.25, 0.3) is 5.91 Å². The van der Waals surface area contributed by atoms with Crippen molar-refractivity contribution in [3.8, 4) is 23.0 Å². The lowest BCUT2D eigenvalue weighted by molar-refractivity contribution is -0.113. The molecule has 0 saturated heterocycles. The first kappa shape index (κ1) is 24.2. The van der Waals surface area contributed by atoms with Crippen molar-refractivity contribution in [2.24, 2.45) is 0 Å². The Morgan fingerprint density at radius 1 is 1.09 bits per heavy atom. The molecule has 0 saturated carbocycles. The lowest BCUT2D eigenvalue weighted by Gasteiger charge is -2.29. The third kappa shape index (κ3) is 4.57. The van der Waals surface area contributed by atoms with E-state index >= 15 is 0 Å². The quantitative estimate of drug-likeness (QED) is 0.472. The van der Waals surface area contributed by atoms with Crippen molar-refractivity contribution in [2.75, 3.05) is 38.6 Å². The lowest BCUT2D eigenvalue weighted by atomic mass is 9.94. The highest BCUT2D eigenvalue weighted by Crippen LogP contribution is 2.40. The number of amides is 1. The number of fused-ring (bicyclic) bond motifs is 1. The van der Waals surface area contributed by atoms with Gasteiger partial charge in [0.15, 0.2) is 11.5 Å². The molecule has 0 spiro atoms. The number of hydrogen-bond acceptors (Lipinski definition) is 8. The second-order valence-electron chi connectivity index (χ2n) is 7.58. The highest BCUT2D eigenvalue weighted by atomic mass is 35.5. The van der Waals surface area contributed by atoms with Crippen molar-refractivity contribution < 1.29 is 23.7 Å². The van der Waals surface area contributed by atoms with E-state index in [0.29, 0.717) is 57.5 Å². The van der Waals surface area contributed by atoms with Gasteiger partial charge in [0, 0.05) is 17.8 Å². The number of carbonyl (C=O) groups is 1. The third-order valence-electron chi connectivity index (χ3n) is 5.56. The molecule has 1 amide bonds. The van der Waals surface area contributed by atoms with Crippen LogP contribution >= 0.6 is 11.6 Å². The number of carbonyl (C=O) groups excluding carboxylic acids is 1. The maximum atomic E-state index is 13.7. The molecule has 1 aliphatic rings. The van der Waals surface area contributed by atoms with Crippen LogP contribution in [0.5, 0.6) is 23.0 Å². The van der Waals surface area contributed by atoms with Gasteiger partial charge in [-0.1, -0.05) is 17.7 Å². The second-order valence-corrected chi connectivity index (χ2v) is 7.99. The van der Waals surface area contributed by atoms with Crippen LogP contribution in [0.1, 0.15) is 25.5 Å². The summed E-state index contributed by atoms with van der Waals surface area (Å²) < 4.78 is 23.6. The Labute approximate surface area is 207 Å². The summed E-state index contributed by atoms with van der Waals surface area (Å²) in [5.74, 6) is 2.11. The molecule has 1 aliphatic heterocycles. The Bertz CT molecular complexity index is 1290. The fourth-order valence-corrected chi connectivity index (χ4v) is 4.20. The van der Waals surface area contributed by atoms with E-state index in [9.17, 15) is 4.79 Å². The zero-order chi connectivity index (χ0) is 25.1. The van der Waals surface area contributed by atoms with Gasteiger partial charge in [-0.3, -0.25) is 4.79 Å². The number of nitrogens with zero attached hydrogens (tertiary/aromatic N) is 3. The van der Waals surface area contributed by atoms with E-state index in [0.717, 1.165) is 5.56 Å². The molecular weight excluding hydrogens is 474 g/mol. The molecule has 2 heterocycles. The van der Waals surface area contributed by atoms with Crippen LogP contribution in [-0.2, 0) is 4.79 Å². The molecular formula is C24H26ClN5O5. The topological polar surface area (TPSA) is 109 Å². The van der Waals surface area contributed by atoms with Gasteiger partial charge in [0.05, 0.1) is 44.2 Å². The van der Waals surface area contributed by atoms with Gasteiger partial charge in [0.1, 0.15) is 23.9 Å². The minimum absolute atomic E-state index is 0.364. The average Bonchev–Trinajstić information content (AvgIpc) is 3.32. The van der Waals surface area contributed by atoms with E-state index in [1.165, 1.54) is 20.5 Å². The summed E-state index contributed by atoms with van der Waals surface area (Å²) >= 11 is 6.22. The van der Waals surface area contributed by atoms with Crippen LogP contribution in [0, 0.1) is 0 Å². The highest BCUT2D eigenvalue weighted by Gasteiger charge is 2.34. The molecule has 4 rings (SSSR count). The summed E-state index contributed by atoms with van der Waals surface area (Å²) in [4.78, 5) is 18.0. The van der Waals surface area contributed by atoms with Gasteiger partial charge in [-0.15, -0.1) is 0 Å². The molecule has 1 aromatic heterocycles. The maximum Gasteiger partial charge on any atom is 0.255 e. The third-order valence-corrected chi connectivity index (χ3v) is 5.86. The first-order valence-electron chi connectivity index (χ1n) is 10.8. The number of aromatic nitrogens is 3. The van der Waals surface area contributed by atoms with E-state index in [2.05, 4.69) is 20.7 Å². The summed E-state index contributed by atoms with van der Waals surface area (Å²) in [5.41, 5.74) is 2.24. The lowest BCUT2D eigenvalue weighted by Crippen LogP contribution is -2.31. The number of methoxy groups -OCH3 is 3. The summed E-state index contributed by atoms with van der Waals surface area (Å²) in [5, 5.41) is 10.8. The van der Waals surface area contributed by atoms with Gasteiger partial charge < -0.3 is 29.6 Å². The number of nitrogens with one attached hydrogen (secondary N) is 2. The van der Waals surface area contributed by atoms with Gasteiger partial charge in [-0.25, -0.2) is 4.68 Å². The molecule has 1 unspecified atom stereocenters. The Hall–Kier alpha value is -3.92. The van der Waals surface area contributed by atoms with E-state index in [4.69, 9.17) is 30.5 Å². The second kappa shape index (κ2) is 10.1. The number of rotatable bonds is 8. The zero-order valence-corrected chi connectivity index (χ0v) is 20.8. The van der Waals surface area contributed by atoms with Crippen LogP contribution in [-0.4, -0.2) is 48.6 Å². The van der Waals surface area contributed by atoms with Crippen LogP contribution in [0.3, 0.4) is 0 Å². The molecule has 10 nitrogen and oxygen atoms in total. The van der Waals surface area contributed by atoms with Gasteiger partial charge in [-0.2, -0.15) is 10.1 Å². The summed E-state index contributed by atoms with van der Waals surface area (Å²) in [7, 11) is 4.57. The number of anilines is 2. The minimum Gasteiger partial charge on any atom is -0.495 e. The van der Waals surface area contributed by atoms with Crippen molar-refractivity contribution in [3.63, 3.8) is 0 Å². The SMILES string of the molecule is CCOc1ccc(C2C(C(=O)Nc3cc(OC)c(Cl)cc3OC)=C(C)Nc3ncnn32)cc1OC. The Morgan fingerprint density at radius 3 is 2.51 bits per heavy atom. The Kier molecular flexibility index (Phi) is 7.02. The maximum absolute atomic E-state index is 13.7. The summed E-state index contributed by atoms with van der Waals surface area (Å²) in [6.45, 7) is 4.21. The van der Waals surface area contributed by atoms with Crippen molar-refractivity contribution in [2.45, 2.75) is 19.9 Å². The number of halogens is 1. The molecule has 0 bridgehead atoms. The average molecular weight is 500 g/mol. The van der Waals surface area contributed by atoms with Crippen molar-refractivity contribution in [1.29, 1.82) is 0 Å². The van der Waals surface area contributed by atoms with Crippen molar-refractivity contribution in [1.82, 2.24) is 14.8 Å². The number of ether oxygens (including phenoxy) is 4. The van der Waals surface area contributed by atoms with Gasteiger partial charge in [-0.05, 0) is 31.5 Å². The highest BCUT2D eigenvalue weighted by molar-refractivity contribution is 6.32. The van der Waals surface area contributed by atoms with Crippen LogP contribution in [0.15, 0.2) is 47.9 Å².